The van der Waals surface area contributed by atoms with Crippen LogP contribution in [0.1, 0.15) is 36.8 Å². The molecule has 2 aromatic carbocycles. The molecular weight excluding hydrogens is 346 g/mol. The van der Waals surface area contributed by atoms with Gasteiger partial charge in [0.1, 0.15) is 11.6 Å². The minimum absolute atomic E-state index is 0.121. The molecule has 1 atom stereocenters. The molecule has 0 saturated carbocycles. The molecule has 5 heteroatoms. The predicted molar refractivity (Wildman–Crippen MR) is 102 cm³/mol. The Morgan fingerprint density at radius 2 is 1.93 bits per heavy atom. The zero-order valence-electron chi connectivity index (χ0n) is 15.5. The highest BCUT2D eigenvalue weighted by Crippen LogP contribution is 2.19. The smallest absolute Gasteiger partial charge is 0.220 e. The van der Waals surface area contributed by atoms with Gasteiger partial charge in [-0.05, 0) is 55.1 Å². The zero-order chi connectivity index (χ0) is 19.1. The van der Waals surface area contributed by atoms with E-state index in [-0.39, 0.29) is 24.3 Å². The number of carbonyl (C=O) groups excluding carboxylic acids is 1. The fraction of sp³-hybridized carbons (Fsp3) is 0.409. The Morgan fingerprint density at radius 1 is 1.11 bits per heavy atom. The number of amides is 1. The Labute approximate surface area is 159 Å². The van der Waals surface area contributed by atoms with Crippen LogP contribution in [0, 0.1) is 11.6 Å². The lowest BCUT2D eigenvalue weighted by Gasteiger charge is -2.36. The molecule has 27 heavy (non-hydrogen) atoms. The van der Waals surface area contributed by atoms with Gasteiger partial charge in [0.25, 0.3) is 0 Å². The van der Waals surface area contributed by atoms with Gasteiger partial charge >= 0.3 is 0 Å². The molecule has 0 aliphatic carbocycles. The Balaban J connectivity index is 1.48. The zero-order valence-corrected chi connectivity index (χ0v) is 15.5. The summed E-state index contributed by atoms with van der Waals surface area (Å²) in [6.07, 6.45) is 3.77. The molecule has 1 aliphatic heterocycles. The summed E-state index contributed by atoms with van der Waals surface area (Å²) in [6.45, 7) is 2.51. The van der Waals surface area contributed by atoms with Crippen LogP contribution in [0.15, 0.2) is 48.5 Å². The molecule has 1 aliphatic rings. The molecule has 1 fully saturated rings. The third-order valence-corrected chi connectivity index (χ3v) is 5.14. The van der Waals surface area contributed by atoms with Gasteiger partial charge in [0.2, 0.25) is 5.91 Å². The Bertz CT molecular complexity index is 751. The summed E-state index contributed by atoms with van der Waals surface area (Å²) >= 11 is 0. The number of aryl methyl sites for hydroxylation is 1. The predicted octanol–water partition coefficient (Wildman–Crippen LogP) is 4.07. The number of piperidine rings is 1. The maximum Gasteiger partial charge on any atom is 0.220 e. The second-order valence-corrected chi connectivity index (χ2v) is 7.15. The van der Waals surface area contributed by atoms with Crippen LogP contribution in [0.4, 0.5) is 8.78 Å². The Hall–Kier alpha value is -2.27. The van der Waals surface area contributed by atoms with Gasteiger partial charge in [-0.15, -0.1) is 0 Å². The van der Waals surface area contributed by atoms with E-state index in [1.165, 1.54) is 18.4 Å². The summed E-state index contributed by atoms with van der Waals surface area (Å²) in [4.78, 5) is 14.6. The molecule has 1 saturated heterocycles. The SMILES string of the molecule is O=C(CCc1cc(F)ccc1F)NCC1CCCCN1Cc1ccccc1. The van der Waals surface area contributed by atoms with Crippen LogP contribution in [0.2, 0.25) is 0 Å². The van der Waals surface area contributed by atoms with Crippen molar-refractivity contribution < 1.29 is 13.6 Å². The number of hydrogen-bond acceptors (Lipinski definition) is 2. The van der Waals surface area contributed by atoms with Crippen molar-refractivity contribution in [2.24, 2.45) is 0 Å². The van der Waals surface area contributed by atoms with Crippen molar-refractivity contribution in [1.29, 1.82) is 0 Å². The number of benzene rings is 2. The largest absolute Gasteiger partial charge is 0.355 e. The molecule has 1 unspecified atom stereocenters. The molecule has 1 N–H and O–H groups in total. The fourth-order valence-electron chi connectivity index (χ4n) is 3.62. The van der Waals surface area contributed by atoms with Crippen molar-refractivity contribution >= 4 is 5.91 Å². The molecule has 0 aromatic heterocycles. The molecule has 3 rings (SSSR count). The van der Waals surface area contributed by atoms with Gasteiger partial charge in [-0.25, -0.2) is 8.78 Å². The van der Waals surface area contributed by atoms with E-state index in [2.05, 4.69) is 22.3 Å². The van der Waals surface area contributed by atoms with Gasteiger partial charge in [0.05, 0.1) is 0 Å². The molecule has 0 spiro atoms. The van der Waals surface area contributed by atoms with Crippen LogP contribution in [0.25, 0.3) is 0 Å². The first kappa shape index (κ1) is 19.5. The second kappa shape index (κ2) is 9.60. The molecule has 1 heterocycles. The molecule has 1 amide bonds. The first-order valence-electron chi connectivity index (χ1n) is 9.60. The van der Waals surface area contributed by atoms with Crippen molar-refractivity contribution in [3.05, 3.63) is 71.3 Å². The first-order valence-corrected chi connectivity index (χ1v) is 9.60. The van der Waals surface area contributed by atoms with Gasteiger partial charge in [-0.1, -0.05) is 36.8 Å². The number of hydrogen-bond donors (Lipinski definition) is 1. The van der Waals surface area contributed by atoms with E-state index < -0.39 is 11.6 Å². The van der Waals surface area contributed by atoms with Crippen LogP contribution in [0.5, 0.6) is 0 Å². The summed E-state index contributed by atoms with van der Waals surface area (Å²) in [5.41, 5.74) is 1.52. The minimum atomic E-state index is -0.481. The maximum absolute atomic E-state index is 13.6. The van der Waals surface area contributed by atoms with E-state index in [4.69, 9.17) is 0 Å². The van der Waals surface area contributed by atoms with E-state index in [0.29, 0.717) is 12.6 Å². The van der Waals surface area contributed by atoms with Crippen LogP contribution in [0.3, 0.4) is 0 Å². The number of carbonyl (C=O) groups is 1. The molecule has 0 bridgehead atoms. The number of rotatable bonds is 7. The summed E-state index contributed by atoms with van der Waals surface area (Å²) < 4.78 is 26.9. The first-order chi connectivity index (χ1) is 13.1. The maximum atomic E-state index is 13.6. The third-order valence-electron chi connectivity index (χ3n) is 5.14. The summed E-state index contributed by atoms with van der Waals surface area (Å²) in [5.74, 6) is -1.07. The van der Waals surface area contributed by atoms with Crippen molar-refractivity contribution in [2.75, 3.05) is 13.1 Å². The normalized spacial score (nSPS) is 17.6. The summed E-state index contributed by atoms with van der Waals surface area (Å²) in [7, 11) is 0. The van der Waals surface area contributed by atoms with Crippen molar-refractivity contribution in [3.63, 3.8) is 0 Å². The molecular formula is C22H26F2N2O. The Morgan fingerprint density at radius 3 is 2.74 bits per heavy atom. The van der Waals surface area contributed by atoms with Crippen molar-refractivity contribution in [1.82, 2.24) is 10.2 Å². The number of nitrogens with zero attached hydrogens (tertiary/aromatic N) is 1. The highest BCUT2D eigenvalue weighted by molar-refractivity contribution is 5.76. The van der Waals surface area contributed by atoms with E-state index in [1.807, 2.05) is 18.2 Å². The van der Waals surface area contributed by atoms with Gasteiger partial charge in [-0.3, -0.25) is 9.69 Å². The van der Waals surface area contributed by atoms with Crippen LogP contribution >= 0.6 is 0 Å². The lowest BCUT2D eigenvalue weighted by molar-refractivity contribution is -0.121. The molecule has 144 valence electrons. The minimum Gasteiger partial charge on any atom is -0.355 e. The lowest BCUT2D eigenvalue weighted by atomic mass is 10.0. The third kappa shape index (κ3) is 5.86. The quantitative estimate of drug-likeness (QED) is 0.795. The van der Waals surface area contributed by atoms with Crippen molar-refractivity contribution in [3.8, 4) is 0 Å². The fourth-order valence-corrected chi connectivity index (χ4v) is 3.62. The van der Waals surface area contributed by atoms with Gasteiger partial charge in [0.15, 0.2) is 0 Å². The molecule has 3 nitrogen and oxygen atoms in total. The lowest BCUT2D eigenvalue weighted by Crippen LogP contribution is -2.46. The molecule has 2 aromatic rings. The van der Waals surface area contributed by atoms with E-state index in [0.717, 1.165) is 37.7 Å². The van der Waals surface area contributed by atoms with E-state index >= 15 is 0 Å². The highest BCUT2D eigenvalue weighted by atomic mass is 19.1. The van der Waals surface area contributed by atoms with Gasteiger partial charge in [-0.2, -0.15) is 0 Å². The number of halogens is 2. The van der Waals surface area contributed by atoms with Gasteiger partial charge in [0, 0.05) is 25.6 Å². The highest BCUT2D eigenvalue weighted by Gasteiger charge is 2.22. The standard InChI is InChI=1S/C22H26F2N2O/c23-19-10-11-21(24)18(14-19)9-12-22(27)25-15-20-8-4-5-13-26(20)16-17-6-2-1-3-7-17/h1-3,6-7,10-11,14,20H,4-5,8-9,12-13,15-16H2,(H,25,27). The summed E-state index contributed by atoms with van der Waals surface area (Å²) in [6, 6.07) is 14.0. The molecule has 0 radical (unpaired) electrons. The van der Waals surface area contributed by atoms with Crippen molar-refractivity contribution in [2.45, 2.75) is 44.7 Å². The number of nitrogens with one attached hydrogen (secondary N) is 1. The van der Waals surface area contributed by atoms with Crippen LogP contribution in [-0.4, -0.2) is 29.9 Å². The van der Waals surface area contributed by atoms with Crippen LogP contribution in [-0.2, 0) is 17.8 Å². The van der Waals surface area contributed by atoms with E-state index in [1.54, 1.807) is 0 Å². The second-order valence-electron chi connectivity index (χ2n) is 7.15. The average molecular weight is 372 g/mol. The number of likely N-dealkylation sites (tertiary alicyclic amines) is 1. The van der Waals surface area contributed by atoms with Crippen LogP contribution < -0.4 is 5.32 Å². The average Bonchev–Trinajstić information content (AvgIpc) is 2.69. The van der Waals surface area contributed by atoms with E-state index in [9.17, 15) is 13.6 Å². The van der Waals surface area contributed by atoms with Gasteiger partial charge < -0.3 is 5.32 Å². The topological polar surface area (TPSA) is 32.3 Å². The monoisotopic (exact) mass is 372 g/mol. The Kier molecular flexibility index (Phi) is 6.93. The summed E-state index contributed by atoms with van der Waals surface area (Å²) in [5, 5.41) is 2.98.